The topological polar surface area (TPSA) is 84.0 Å². The van der Waals surface area contributed by atoms with Crippen molar-refractivity contribution in [2.24, 2.45) is 0 Å². The number of hydrogen-bond donors (Lipinski definition) is 0. The highest BCUT2D eigenvalue weighted by Crippen LogP contribution is 2.19. The van der Waals surface area contributed by atoms with Crippen molar-refractivity contribution >= 4 is 21.7 Å². The van der Waals surface area contributed by atoms with E-state index in [0.717, 1.165) is 6.07 Å². The fourth-order valence-corrected chi connectivity index (χ4v) is 4.43. The van der Waals surface area contributed by atoms with Crippen molar-refractivity contribution in [2.75, 3.05) is 32.8 Å². The van der Waals surface area contributed by atoms with Crippen LogP contribution in [0.4, 0.5) is 4.39 Å². The molecule has 1 aliphatic heterocycles. The van der Waals surface area contributed by atoms with Crippen LogP contribution in [0.25, 0.3) is 0 Å². The van der Waals surface area contributed by atoms with Gasteiger partial charge >= 0.3 is 0 Å². The van der Waals surface area contributed by atoms with Crippen LogP contribution >= 0.6 is 0 Å². The first-order chi connectivity index (χ1) is 13.8. The fourth-order valence-electron chi connectivity index (χ4n) is 2.98. The number of sulfonamides is 1. The van der Waals surface area contributed by atoms with Crippen LogP contribution in [0.3, 0.4) is 0 Å². The first-order valence-corrected chi connectivity index (χ1v) is 10.5. The van der Waals surface area contributed by atoms with Gasteiger partial charge in [-0.05, 0) is 49.4 Å². The summed E-state index contributed by atoms with van der Waals surface area (Å²) in [6, 6.07) is 11.3. The summed E-state index contributed by atoms with van der Waals surface area (Å²) in [7, 11) is -3.80. The molecule has 1 aliphatic rings. The third-order valence-electron chi connectivity index (χ3n) is 4.65. The standard InChI is InChI=1S/C20H21FN2O5S/c1-15(24)16-5-7-18(8-6-16)28-14-20(25)22-9-11-23(12-10-22)29(26,27)19-4-2-3-17(21)13-19/h2-8,13H,9-12,14H2,1H3. The molecular weight excluding hydrogens is 399 g/mol. The Balaban J connectivity index is 1.53. The molecule has 1 amide bonds. The van der Waals surface area contributed by atoms with Gasteiger partial charge in [-0.3, -0.25) is 9.59 Å². The Labute approximate surface area is 168 Å². The molecule has 3 rings (SSSR count). The molecular formula is C20H21FN2O5S. The molecule has 1 saturated heterocycles. The van der Waals surface area contributed by atoms with E-state index in [1.165, 1.54) is 34.3 Å². The van der Waals surface area contributed by atoms with Crippen LogP contribution in [0, 0.1) is 5.82 Å². The maximum atomic E-state index is 13.4. The van der Waals surface area contributed by atoms with E-state index in [-0.39, 0.29) is 49.4 Å². The summed E-state index contributed by atoms with van der Waals surface area (Å²) in [5.74, 6) is -0.467. The largest absolute Gasteiger partial charge is 0.484 e. The van der Waals surface area contributed by atoms with Crippen LogP contribution in [0.5, 0.6) is 5.75 Å². The lowest BCUT2D eigenvalue weighted by molar-refractivity contribution is -0.134. The molecule has 7 nitrogen and oxygen atoms in total. The summed E-state index contributed by atoms with van der Waals surface area (Å²) in [5, 5.41) is 0. The smallest absolute Gasteiger partial charge is 0.260 e. The van der Waals surface area contributed by atoms with Crippen molar-refractivity contribution in [1.82, 2.24) is 9.21 Å². The lowest BCUT2D eigenvalue weighted by atomic mass is 10.1. The van der Waals surface area contributed by atoms with Gasteiger partial charge in [-0.15, -0.1) is 0 Å². The summed E-state index contributed by atoms with van der Waals surface area (Å²) in [6.45, 7) is 1.97. The van der Waals surface area contributed by atoms with E-state index in [4.69, 9.17) is 4.74 Å². The van der Waals surface area contributed by atoms with Gasteiger partial charge in [0, 0.05) is 31.7 Å². The van der Waals surface area contributed by atoms with Gasteiger partial charge in [0.05, 0.1) is 4.90 Å². The molecule has 2 aromatic rings. The van der Waals surface area contributed by atoms with Crippen molar-refractivity contribution in [1.29, 1.82) is 0 Å². The van der Waals surface area contributed by atoms with E-state index in [1.54, 1.807) is 24.3 Å². The third kappa shape index (κ3) is 4.99. The Morgan fingerprint density at radius 1 is 1.03 bits per heavy atom. The molecule has 29 heavy (non-hydrogen) atoms. The minimum absolute atomic E-state index is 0.0568. The number of ether oxygens (including phenoxy) is 1. The van der Waals surface area contributed by atoms with Gasteiger partial charge in [0.25, 0.3) is 5.91 Å². The summed E-state index contributed by atoms with van der Waals surface area (Å²) in [4.78, 5) is 25.0. The van der Waals surface area contributed by atoms with Crippen molar-refractivity contribution in [3.8, 4) is 5.75 Å². The predicted octanol–water partition coefficient (Wildman–Crippen LogP) is 1.94. The molecule has 0 spiro atoms. The van der Waals surface area contributed by atoms with E-state index >= 15 is 0 Å². The van der Waals surface area contributed by atoms with Gasteiger partial charge in [-0.25, -0.2) is 12.8 Å². The van der Waals surface area contributed by atoms with Crippen LogP contribution < -0.4 is 4.74 Å². The number of nitrogens with zero attached hydrogens (tertiary/aromatic N) is 2. The minimum Gasteiger partial charge on any atom is -0.484 e. The number of carbonyl (C=O) groups is 2. The van der Waals surface area contributed by atoms with Gasteiger partial charge in [-0.2, -0.15) is 4.31 Å². The summed E-state index contributed by atoms with van der Waals surface area (Å²) in [6.07, 6.45) is 0. The molecule has 0 aromatic heterocycles. The molecule has 0 aliphatic carbocycles. The van der Waals surface area contributed by atoms with Crippen molar-refractivity contribution in [2.45, 2.75) is 11.8 Å². The maximum Gasteiger partial charge on any atom is 0.260 e. The van der Waals surface area contributed by atoms with Crippen LogP contribution in [-0.2, 0) is 14.8 Å². The number of carbonyl (C=O) groups excluding carboxylic acids is 2. The van der Waals surface area contributed by atoms with E-state index in [2.05, 4.69) is 0 Å². The van der Waals surface area contributed by atoms with Crippen molar-refractivity contribution in [3.05, 3.63) is 59.9 Å². The number of piperazine rings is 1. The SMILES string of the molecule is CC(=O)c1ccc(OCC(=O)N2CCN(S(=O)(=O)c3cccc(F)c3)CC2)cc1. The van der Waals surface area contributed by atoms with E-state index in [1.807, 2.05) is 0 Å². The molecule has 0 bridgehead atoms. The van der Waals surface area contributed by atoms with Crippen LogP contribution in [0.2, 0.25) is 0 Å². The monoisotopic (exact) mass is 420 g/mol. The van der Waals surface area contributed by atoms with Gasteiger partial charge < -0.3 is 9.64 Å². The molecule has 0 atom stereocenters. The summed E-state index contributed by atoms with van der Waals surface area (Å²) in [5.41, 5.74) is 0.555. The third-order valence-corrected chi connectivity index (χ3v) is 6.54. The maximum absolute atomic E-state index is 13.4. The molecule has 0 radical (unpaired) electrons. The highest BCUT2D eigenvalue weighted by molar-refractivity contribution is 7.89. The normalized spacial score (nSPS) is 15.2. The van der Waals surface area contributed by atoms with Crippen LogP contribution in [0.15, 0.2) is 53.4 Å². The zero-order valence-electron chi connectivity index (χ0n) is 15.9. The number of Topliss-reactive ketones (excluding diaryl/α,β-unsaturated/α-hetero) is 1. The Kier molecular flexibility index (Phi) is 6.29. The molecule has 1 heterocycles. The molecule has 0 saturated carbocycles. The Morgan fingerprint density at radius 2 is 1.69 bits per heavy atom. The van der Waals surface area contributed by atoms with Crippen molar-refractivity contribution < 1.29 is 27.1 Å². The quantitative estimate of drug-likeness (QED) is 0.667. The van der Waals surface area contributed by atoms with Crippen molar-refractivity contribution in [3.63, 3.8) is 0 Å². The summed E-state index contributed by atoms with van der Waals surface area (Å²) < 4.78 is 45.3. The average molecular weight is 420 g/mol. The highest BCUT2D eigenvalue weighted by atomic mass is 32.2. The predicted molar refractivity (Wildman–Crippen MR) is 104 cm³/mol. The molecule has 154 valence electrons. The first kappa shape index (κ1) is 20.9. The van der Waals surface area contributed by atoms with E-state index in [9.17, 15) is 22.4 Å². The lowest BCUT2D eigenvalue weighted by Crippen LogP contribution is -2.51. The number of ketones is 1. The fraction of sp³-hybridized carbons (Fsp3) is 0.300. The number of benzene rings is 2. The summed E-state index contributed by atoms with van der Waals surface area (Å²) >= 11 is 0. The second-order valence-electron chi connectivity index (χ2n) is 6.61. The molecule has 0 unspecified atom stereocenters. The zero-order chi connectivity index (χ0) is 21.0. The van der Waals surface area contributed by atoms with Gasteiger partial charge in [0.1, 0.15) is 11.6 Å². The molecule has 2 aromatic carbocycles. The number of rotatable bonds is 6. The first-order valence-electron chi connectivity index (χ1n) is 9.04. The molecule has 0 N–H and O–H groups in total. The van der Waals surface area contributed by atoms with Gasteiger partial charge in [0.2, 0.25) is 10.0 Å². The minimum atomic E-state index is -3.80. The number of amides is 1. The number of hydrogen-bond acceptors (Lipinski definition) is 5. The Bertz CT molecular complexity index is 1000. The average Bonchev–Trinajstić information content (AvgIpc) is 2.72. The Morgan fingerprint density at radius 3 is 2.28 bits per heavy atom. The van der Waals surface area contributed by atoms with E-state index < -0.39 is 15.8 Å². The number of halogens is 1. The lowest BCUT2D eigenvalue weighted by Gasteiger charge is -2.34. The molecule has 1 fully saturated rings. The highest BCUT2D eigenvalue weighted by Gasteiger charge is 2.30. The van der Waals surface area contributed by atoms with Crippen LogP contribution in [-0.4, -0.2) is 62.1 Å². The van der Waals surface area contributed by atoms with Gasteiger partial charge in [-0.1, -0.05) is 6.07 Å². The molecule has 9 heteroatoms. The Hall–Kier alpha value is -2.78. The van der Waals surface area contributed by atoms with E-state index in [0.29, 0.717) is 11.3 Å². The van der Waals surface area contributed by atoms with Gasteiger partial charge in [0.15, 0.2) is 12.4 Å². The zero-order valence-corrected chi connectivity index (χ0v) is 16.7. The van der Waals surface area contributed by atoms with Crippen LogP contribution in [0.1, 0.15) is 17.3 Å². The second-order valence-corrected chi connectivity index (χ2v) is 8.55. The second kappa shape index (κ2) is 8.71.